The molecular formula is C15H13N3O6. The molecule has 9 heteroatoms. The average molecular weight is 331 g/mol. The normalized spacial score (nSPS) is 10.9. The molecule has 24 heavy (non-hydrogen) atoms. The molecule has 2 heterocycles. The van der Waals surface area contributed by atoms with E-state index in [1.165, 1.54) is 29.4 Å². The topological polar surface area (TPSA) is 112 Å². The highest BCUT2D eigenvalue weighted by Gasteiger charge is 2.18. The van der Waals surface area contributed by atoms with Gasteiger partial charge in [0, 0.05) is 19.2 Å². The Morgan fingerprint density at radius 2 is 2.17 bits per heavy atom. The number of aromatic nitrogens is 1. The third kappa shape index (κ3) is 2.91. The number of nitro groups is 1. The number of furan rings is 1. The number of carbonyl (C=O) groups is 1. The van der Waals surface area contributed by atoms with Gasteiger partial charge in [0.2, 0.25) is 5.91 Å². The van der Waals surface area contributed by atoms with Gasteiger partial charge in [-0.25, -0.2) is 4.79 Å². The molecule has 0 aliphatic heterocycles. The Kier molecular flexibility index (Phi) is 3.90. The van der Waals surface area contributed by atoms with Crippen LogP contribution in [-0.2, 0) is 17.9 Å². The Bertz CT molecular complexity index is 953. The first-order valence-corrected chi connectivity index (χ1v) is 7.00. The summed E-state index contributed by atoms with van der Waals surface area (Å²) in [5.41, 5.74) is 0.203. The summed E-state index contributed by atoms with van der Waals surface area (Å²) in [4.78, 5) is 35.9. The maximum absolute atomic E-state index is 12.3. The van der Waals surface area contributed by atoms with Crippen molar-refractivity contribution >= 4 is 22.7 Å². The van der Waals surface area contributed by atoms with Crippen molar-refractivity contribution in [3.8, 4) is 0 Å². The molecule has 0 fully saturated rings. The number of nitro benzene ring substituents is 1. The molecule has 0 atom stereocenters. The zero-order valence-corrected chi connectivity index (χ0v) is 12.7. The molecule has 0 spiro atoms. The number of carbonyl (C=O) groups excluding carboxylic acids is 1. The molecule has 3 aromatic rings. The quantitative estimate of drug-likeness (QED) is 0.520. The summed E-state index contributed by atoms with van der Waals surface area (Å²) in [6.45, 7) is -0.0409. The van der Waals surface area contributed by atoms with Gasteiger partial charge >= 0.3 is 5.76 Å². The molecule has 0 aliphatic rings. The van der Waals surface area contributed by atoms with Crippen LogP contribution in [0.2, 0.25) is 0 Å². The summed E-state index contributed by atoms with van der Waals surface area (Å²) in [5.74, 6) is -0.501. The van der Waals surface area contributed by atoms with Gasteiger partial charge in [-0.1, -0.05) is 0 Å². The predicted octanol–water partition coefficient (Wildman–Crippen LogP) is 1.75. The van der Waals surface area contributed by atoms with Crippen LogP contribution in [0.5, 0.6) is 0 Å². The molecule has 2 aromatic heterocycles. The number of benzene rings is 1. The van der Waals surface area contributed by atoms with E-state index in [1.54, 1.807) is 19.2 Å². The second kappa shape index (κ2) is 6.03. The Balaban J connectivity index is 1.87. The summed E-state index contributed by atoms with van der Waals surface area (Å²) in [7, 11) is 1.57. The number of fused-ring (bicyclic) bond motifs is 1. The molecule has 3 rings (SSSR count). The van der Waals surface area contributed by atoms with Crippen LogP contribution in [0.15, 0.2) is 50.2 Å². The molecule has 0 unspecified atom stereocenters. The minimum absolute atomic E-state index is 0.187. The van der Waals surface area contributed by atoms with Crippen molar-refractivity contribution in [1.29, 1.82) is 0 Å². The Labute approximate surface area is 134 Å². The summed E-state index contributed by atoms with van der Waals surface area (Å²) >= 11 is 0. The first-order valence-electron chi connectivity index (χ1n) is 7.00. The van der Waals surface area contributed by atoms with Crippen LogP contribution in [0.25, 0.3) is 11.1 Å². The molecule has 0 bridgehead atoms. The van der Waals surface area contributed by atoms with Gasteiger partial charge < -0.3 is 13.7 Å². The van der Waals surface area contributed by atoms with Crippen LogP contribution in [0, 0.1) is 10.1 Å². The molecule has 1 amide bonds. The van der Waals surface area contributed by atoms with E-state index in [1.807, 2.05) is 0 Å². The second-order valence-corrected chi connectivity index (χ2v) is 5.19. The summed E-state index contributed by atoms with van der Waals surface area (Å²) in [6.07, 6.45) is 1.50. The second-order valence-electron chi connectivity index (χ2n) is 5.19. The van der Waals surface area contributed by atoms with Crippen LogP contribution in [0.1, 0.15) is 5.76 Å². The van der Waals surface area contributed by atoms with Gasteiger partial charge in [-0.05, 0) is 18.2 Å². The number of nitrogens with zero attached hydrogens (tertiary/aromatic N) is 3. The number of hydrogen-bond donors (Lipinski definition) is 0. The van der Waals surface area contributed by atoms with Crippen molar-refractivity contribution in [2.75, 3.05) is 7.05 Å². The SMILES string of the molecule is CN(Cc1ccco1)C(=O)Cn1c(=O)oc2ccc([N+](=O)[O-])cc21. The van der Waals surface area contributed by atoms with Gasteiger partial charge in [-0.2, -0.15) is 0 Å². The van der Waals surface area contributed by atoms with Crippen LogP contribution in [0.4, 0.5) is 5.69 Å². The largest absolute Gasteiger partial charge is 0.467 e. The van der Waals surface area contributed by atoms with Crippen molar-refractivity contribution in [2.24, 2.45) is 0 Å². The van der Waals surface area contributed by atoms with E-state index < -0.39 is 10.7 Å². The van der Waals surface area contributed by atoms with Gasteiger partial charge in [0.05, 0.1) is 23.2 Å². The van der Waals surface area contributed by atoms with E-state index >= 15 is 0 Å². The lowest BCUT2D eigenvalue weighted by molar-refractivity contribution is -0.384. The number of hydrogen-bond acceptors (Lipinski definition) is 6. The minimum atomic E-state index is -0.745. The molecule has 0 N–H and O–H groups in total. The highest BCUT2D eigenvalue weighted by molar-refractivity contribution is 5.80. The van der Waals surface area contributed by atoms with Gasteiger partial charge in [-0.3, -0.25) is 19.5 Å². The number of rotatable bonds is 5. The molecule has 0 radical (unpaired) electrons. The van der Waals surface area contributed by atoms with Crippen molar-refractivity contribution in [1.82, 2.24) is 9.47 Å². The maximum atomic E-state index is 12.3. The minimum Gasteiger partial charge on any atom is -0.467 e. The monoisotopic (exact) mass is 331 g/mol. The van der Waals surface area contributed by atoms with Gasteiger partial charge in [-0.15, -0.1) is 0 Å². The number of oxazole rings is 1. The van der Waals surface area contributed by atoms with E-state index in [2.05, 4.69) is 0 Å². The van der Waals surface area contributed by atoms with Gasteiger partial charge in [0.1, 0.15) is 12.3 Å². The zero-order chi connectivity index (χ0) is 17.3. The maximum Gasteiger partial charge on any atom is 0.420 e. The molecule has 0 saturated heterocycles. The fourth-order valence-electron chi connectivity index (χ4n) is 2.29. The smallest absolute Gasteiger partial charge is 0.420 e. The lowest BCUT2D eigenvalue weighted by Crippen LogP contribution is -2.32. The van der Waals surface area contributed by atoms with E-state index in [4.69, 9.17) is 8.83 Å². The molecule has 0 aliphatic carbocycles. The lowest BCUT2D eigenvalue weighted by atomic mass is 10.3. The Morgan fingerprint density at radius 3 is 2.83 bits per heavy atom. The predicted molar refractivity (Wildman–Crippen MR) is 82.3 cm³/mol. The number of non-ortho nitro benzene ring substituents is 1. The van der Waals surface area contributed by atoms with Crippen LogP contribution < -0.4 is 5.76 Å². The van der Waals surface area contributed by atoms with Gasteiger partial charge in [0.15, 0.2) is 5.58 Å². The van der Waals surface area contributed by atoms with Crippen LogP contribution in [0.3, 0.4) is 0 Å². The van der Waals surface area contributed by atoms with E-state index in [-0.39, 0.29) is 35.8 Å². The summed E-state index contributed by atoms with van der Waals surface area (Å²) in [6, 6.07) is 7.22. The third-order valence-electron chi connectivity index (χ3n) is 3.55. The van der Waals surface area contributed by atoms with E-state index in [0.717, 1.165) is 4.57 Å². The zero-order valence-electron chi connectivity index (χ0n) is 12.7. The third-order valence-corrected chi connectivity index (χ3v) is 3.55. The molecule has 1 aromatic carbocycles. The molecule has 0 saturated carbocycles. The first kappa shape index (κ1) is 15.5. The summed E-state index contributed by atoms with van der Waals surface area (Å²) < 4.78 is 11.3. The van der Waals surface area contributed by atoms with Crippen molar-refractivity contribution in [3.05, 3.63) is 63.0 Å². The standard InChI is InChI=1S/C15H13N3O6/c1-16(8-11-3-2-6-23-11)14(19)9-17-12-7-10(18(21)22)4-5-13(12)24-15(17)20/h2-7H,8-9H2,1H3. The summed E-state index contributed by atoms with van der Waals surface area (Å²) in [5, 5.41) is 10.9. The molecular weight excluding hydrogens is 318 g/mol. The molecule has 124 valence electrons. The first-order chi connectivity index (χ1) is 11.5. The van der Waals surface area contributed by atoms with Gasteiger partial charge in [0.25, 0.3) is 5.69 Å². The van der Waals surface area contributed by atoms with Crippen molar-refractivity contribution in [3.63, 3.8) is 0 Å². The fourth-order valence-corrected chi connectivity index (χ4v) is 2.29. The fraction of sp³-hybridized carbons (Fsp3) is 0.200. The highest BCUT2D eigenvalue weighted by atomic mass is 16.6. The lowest BCUT2D eigenvalue weighted by Gasteiger charge is -2.15. The Morgan fingerprint density at radius 1 is 1.38 bits per heavy atom. The van der Waals surface area contributed by atoms with Crippen LogP contribution >= 0.6 is 0 Å². The highest BCUT2D eigenvalue weighted by Crippen LogP contribution is 2.20. The number of amides is 1. The molecule has 9 nitrogen and oxygen atoms in total. The van der Waals surface area contributed by atoms with Crippen molar-refractivity contribution < 1.29 is 18.6 Å². The Hall–Kier alpha value is -3.36. The average Bonchev–Trinajstić information content (AvgIpc) is 3.15. The van der Waals surface area contributed by atoms with E-state index in [0.29, 0.717) is 5.76 Å². The van der Waals surface area contributed by atoms with E-state index in [9.17, 15) is 19.7 Å². The van der Waals surface area contributed by atoms with Crippen LogP contribution in [-0.4, -0.2) is 27.3 Å². The number of likely N-dealkylation sites (N-methyl/N-ethyl adjacent to an activating group) is 1. The van der Waals surface area contributed by atoms with Crippen molar-refractivity contribution in [2.45, 2.75) is 13.1 Å².